The molecule has 0 bridgehead atoms. The van der Waals surface area contributed by atoms with Gasteiger partial charge in [-0.3, -0.25) is 0 Å². The van der Waals surface area contributed by atoms with Gasteiger partial charge in [0.1, 0.15) is 35.6 Å². The van der Waals surface area contributed by atoms with Gasteiger partial charge in [-0.05, 0) is 17.7 Å². The van der Waals surface area contributed by atoms with Gasteiger partial charge < -0.3 is 15.2 Å². The lowest BCUT2D eigenvalue weighted by Gasteiger charge is -2.08. The number of hydrogen-bond acceptors (Lipinski definition) is 6. The summed E-state index contributed by atoms with van der Waals surface area (Å²) in [5, 5.41) is 29.9. The molecule has 0 radical (unpaired) electrons. The maximum absolute atomic E-state index is 12.0. The predicted octanol–water partition coefficient (Wildman–Crippen LogP) is 3.09. The van der Waals surface area contributed by atoms with Gasteiger partial charge in [-0.25, -0.2) is 4.79 Å². The zero-order chi connectivity index (χ0) is 17.4. The van der Waals surface area contributed by atoms with Gasteiger partial charge in [0, 0.05) is 18.0 Å². The first-order valence-corrected chi connectivity index (χ1v) is 6.95. The van der Waals surface area contributed by atoms with E-state index in [-0.39, 0.29) is 23.5 Å². The number of nitrogens with one attached hydrogen (secondary N) is 1. The van der Waals surface area contributed by atoms with Crippen LogP contribution >= 0.6 is 0 Å². The van der Waals surface area contributed by atoms with Gasteiger partial charge in [0.25, 0.3) is 0 Å². The number of rotatable bonds is 5. The third kappa shape index (κ3) is 4.36. The average molecular weight is 319 g/mol. The molecule has 6 nitrogen and oxygen atoms in total. The summed E-state index contributed by atoms with van der Waals surface area (Å²) in [7, 11) is 0. The molecular formula is C18H13N3O3. The molecule has 2 N–H and O–H groups in total. The fourth-order valence-corrected chi connectivity index (χ4v) is 1.84. The van der Waals surface area contributed by atoms with E-state index in [1.807, 2.05) is 30.3 Å². The Morgan fingerprint density at radius 3 is 2.50 bits per heavy atom. The van der Waals surface area contributed by atoms with Crippen LogP contribution in [0.15, 0.2) is 60.3 Å². The van der Waals surface area contributed by atoms with Crippen molar-refractivity contribution in [2.24, 2.45) is 0 Å². The first-order chi connectivity index (χ1) is 11.6. The number of phenolic OH excluding ortho intramolecular Hbond substituents is 1. The predicted molar refractivity (Wildman–Crippen MR) is 86.6 cm³/mol. The molecule has 2 rings (SSSR count). The van der Waals surface area contributed by atoms with Crippen LogP contribution in [0.3, 0.4) is 0 Å². The Hall–Kier alpha value is -3.77. The summed E-state index contributed by atoms with van der Waals surface area (Å²) >= 11 is 0. The van der Waals surface area contributed by atoms with E-state index < -0.39 is 5.97 Å². The van der Waals surface area contributed by atoms with Crippen LogP contribution in [-0.4, -0.2) is 11.1 Å². The number of aromatic hydroxyl groups is 1. The summed E-state index contributed by atoms with van der Waals surface area (Å²) in [6, 6.07) is 16.8. The smallest absolute Gasteiger partial charge is 0.342 e. The number of benzene rings is 2. The molecule has 2 aromatic rings. The van der Waals surface area contributed by atoms with Crippen molar-refractivity contribution in [3.63, 3.8) is 0 Å². The first kappa shape index (κ1) is 16.6. The highest BCUT2D eigenvalue weighted by molar-refractivity contribution is 5.93. The normalized spacial score (nSPS) is 9.25. The van der Waals surface area contributed by atoms with Crippen LogP contribution in [0.5, 0.6) is 5.75 Å². The zero-order valence-corrected chi connectivity index (χ0v) is 12.6. The highest BCUT2D eigenvalue weighted by atomic mass is 16.5. The molecule has 0 atom stereocenters. The SMILES string of the molecule is N#CC(C#N)=CNc1ccc(C(=O)OCc2ccccc2)c(O)c1. The molecule has 0 fully saturated rings. The maximum Gasteiger partial charge on any atom is 0.342 e. The largest absolute Gasteiger partial charge is 0.507 e. The molecule has 0 spiro atoms. The van der Waals surface area contributed by atoms with Gasteiger partial charge in [-0.1, -0.05) is 30.3 Å². The Bertz CT molecular complexity index is 830. The molecule has 24 heavy (non-hydrogen) atoms. The summed E-state index contributed by atoms with van der Waals surface area (Å²) in [6.07, 6.45) is 1.21. The summed E-state index contributed by atoms with van der Waals surface area (Å²) in [5.74, 6) is -0.907. The molecular weight excluding hydrogens is 306 g/mol. The Kier molecular flexibility index (Phi) is 5.55. The third-order valence-corrected chi connectivity index (χ3v) is 3.05. The van der Waals surface area contributed by atoms with Crippen molar-refractivity contribution < 1.29 is 14.6 Å². The highest BCUT2D eigenvalue weighted by Crippen LogP contribution is 2.23. The summed E-state index contributed by atoms with van der Waals surface area (Å²) in [5.41, 5.74) is 1.19. The summed E-state index contributed by atoms with van der Waals surface area (Å²) < 4.78 is 5.15. The number of carbonyl (C=O) groups excluding carboxylic acids is 1. The van der Waals surface area contributed by atoms with E-state index in [0.29, 0.717) is 5.69 Å². The molecule has 2 aromatic carbocycles. The molecule has 0 saturated carbocycles. The number of nitriles is 2. The molecule has 6 heteroatoms. The van der Waals surface area contributed by atoms with Crippen LogP contribution in [0.1, 0.15) is 15.9 Å². The van der Waals surface area contributed by atoms with E-state index in [2.05, 4.69) is 5.32 Å². The molecule has 0 aliphatic heterocycles. The van der Waals surface area contributed by atoms with Crippen molar-refractivity contribution in [2.45, 2.75) is 6.61 Å². The second-order valence-electron chi connectivity index (χ2n) is 4.72. The quantitative estimate of drug-likeness (QED) is 0.648. The number of ether oxygens (including phenoxy) is 1. The van der Waals surface area contributed by atoms with Gasteiger partial charge in [-0.15, -0.1) is 0 Å². The average Bonchev–Trinajstić information content (AvgIpc) is 2.61. The molecule has 0 saturated heterocycles. The monoisotopic (exact) mass is 319 g/mol. The standard InChI is InChI=1S/C18H13N3O3/c19-9-14(10-20)11-21-15-6-7-16(17(22)8-15)18(23)24-12-13-4-2-1-3-5-13/h1-8,11,21-22H,12H2. The Morgan fingerprint density at radius 2 is 1.88 bits per heavy atom. The van der Waals surface area contributed by atoms with Crippen LogP contribution in [0.2, 0.25) is 0 Å². The minimum Gasteiger partial charge on any atom is -0.507 e. The zero-order valence-electron chi connectivity index (χ0n) is 12.6. The van der Waals surface area contributed by atoms with Gasteiger partial charge >= 0.3 is 5.97 Å². The number of phenols is 1. The molecule has 0 amide bonds. The van der Waals surface area contributed by atoms with E-state index >= 15 is 0 Å². The number of anilines is 1. The molecule has 0 heterocycles. The van der Waals surface area contributed by atoms with Crippen LogP contribution in [0.25, 0.3) is 0 Å². The van der Waals surface area contributed by atoms with Crippen molar-refractivity contribution in [1.29, 1.82) is 10.5 Å². The number of nitrogens with zero attached hydrogens (tertiary/aromatic N) is 2. The lowest BCUT2D eigenvalue weighted by molar-refractivity contribution is 0.0469. The third-order valence-electron chi connectivity index (χ3n) is 3.05. The molecule has 0 aliphatic rings. The fraction of sp³-hybridized carbons (Fsp3) is 0.0556. The summed E-state index contributed by atoms with van der Waals surface area (Å²) in [6.45, 7) is 0.107. The molecule has 0 aliphatic carbocycles. The van der Waals surface area contributed by atoms with Crippen LogP contribution in [0.4, 0.5) is 5.69 Å². The van der Waals surface area contributed by atoms with E-state index in [4.69, 9.17) is 15.3 Å². The number of carbonyl (C=O) groups is 1. The van der Waals surface area contributed by atoms with Crippen LogP contribution < -0.4 is 5.32 Å². The lowest BCUT2D eigenvalue weighted by Crippen LogP contribution is -2.05. The van der Waals surface area contributed by atoms with Crippen molar-refractivity contribution in [2.75, 3.05) is 5.32 Å². The maximum atomic E-state index is 12.0. The second-order valence-corrected chi connectivity index (χ2v) is 4.72. The lowest BCUT2D eigenvalue weighted by atomic mass is 10.2. The van der Waals surface area contributed by atoms with E-state index in [1.54, 1.807) is 12.1 Å². The van der Waals surface area contributed by atoms with E-state index in [0.717, 1.165) is 5.56 Å². The van der Waals surface area contributed by atoms with Gasteiger partial charge in [0.15, 0.2) is 0 Å². The van der Waals surface area contributed by atoms with Gasteiger partial charge in [-0.2, -0.15) is 10.5 Å². The molecule has 0 aromatic heterocycles. The minimum atomic E-state index is -0.645. The Morgan fingerprint density at radius 1 is 1.17 bits per heavy atom. The number of hydrogen-bond donors (Lipinski definition) is 2. The minimum absolute atomic E-state index is 0.0289. The topological polar surface area (TPSA) is 106 Å². The molecule has 0 unspecified atom stereocenters. The van der Waals surface area contributed by atoms with Crippen molar-refractivity contribution in [1.82, 2.24) is 0 Å². The van der Waals surface area contributed by atoms with Crippen molar-refractivity contribution in [3.8, 4) is 17.9 Å². The van der Waals surface area contributed by atoms with Crippen LogP contribution in [0, 0.1) is 22.7 Å². The number of esters is 1. The first-order valence-electron chi connectivity index (χ1n) is 6.95. The van der Waals surface area contributed by atoms with Crippen molar-refractivity contribution in [3.05, 3.63) is 71.4 Å². The second kappa shape index (κ2) is 8.02. The Labute approximate surface area is 138 Å². The van der Waals surface area contributed by atoms with Crippen LogP contribution in [-0.2, 0) is 11.3 Å². The van der Waals surface area contributed by atoms with Gasteiger partial charge in [0.05, 0.1) is 0 Å². The number of allylic oxidation sites excluding steroid dienone is 1. The van der Waals surface area contributed by atoms with E-state index in [9.17, 15) is 9.90 Å². The van der Waals surface area contributed by atoms with Crippen molar-refractivity contribution >= 4 is 11.7 Å². The highest BCUT2D eigenvalue weighted by Gasteiger charge is 2.13. The fourth-order valence-electron chi connectivity index (χ4n) is 1.84. The summed E-state index contributed by atoms with van der Waals surface area (Å²) in [4.78, 5) is 12.0. The van der Waals surface area contributed by atoms with E-state index in [1.165, 1.54) is 24.4 Å². The Balaban J connectivity index is 2.04. The van der Waals surface area contributed by atoms with Gasteiger partial charge in [0.2, 0.25) is 0 Å². The molecule has 118 valence electrons.